The average molecular weight is 469 g/mol. The van der Waals surface area contributed by atoms with Gasteiger partial charge in [-0.15, -0.1) is 0 Å². The van der Waals surface area contributed by atoms with Crippen LogP contribution in [0.5, 0.6) is 0 Å². The molecule has 0 aliphatic heterocycles. The molecule has 7 heteroatoms. The summed E-state index contributed by atoms with van der Waals surface area (Å²) >= 11 is 0. The molecule has 184 valence electrons. The zero-order valence-corrected chi connectivity index (χ0v) is 20.5. The third-order valence-electron chi connectivity index (χ3n) is 5.03. The van der Waals surface area contributed by atoms with Gasteiger partial charge in [0.15, 0.2) is 0 Å². The van der Waals surface area contributed by atoms with Crippen LogP contribution in [0.25, 0.3) is 0 Å². The first kappa shape index (κ1) is 26.9. The molecule has 0 aliphatic carbocycles. The number of carbonyl (C=O) groups excluding carboxylic acids is 3. The molecule has 0 aliphatic rings. The van der Waals surface area contributed by atoms with E-state index in [1.54, 1.807) is 27.7 Å². The molecule has 0 fully saturated rings. The molecule has 0 radical (unpaired) electrons. The summed E-state index contributed by atoms with van der Waals surface area (Å²) in [6, 6.07) is 19.3. The summed E-state index contributed by atoms with van der Waals surface area (Å²) in [6.45, 7) is 8.00. The van der Waals surface area contributed by atoms with E-state index in [4.69, 9.17) is 9.47 Å². The topological polar surface area (TPSA) is 93.7 Å². The van der Waals surface area contributed by atoms with Crippen molar-refractivity contribution in [1.29, 1.82) is 0 Å². The molecule has 0 bridgehead atoms. The summed E-state index contributed by atoms with van der Waals surface area (Å²) in [5, 5.41) is 5.71. The zero-order chi connectivity index (χ0) is 25.0. The highest BCUT2D eigenvalue weighted by atomic mass is 16.6. The minimum absolute atomic E-state index is 0.00181. The van der Waals surface area contributed by atoms with Crippen molar-refractivity contribution in [3.8, 4) is 0 Å². The first-order valence-corrected chi connectivity index (χ1v) is 11.6. The number of benzene rings is 2. The highest BCUT2D eigenvalue weighted by Gasteiger charge is 2.21. The Hall–Kier alpha value is -3.35. The van der Waals surface area contributed by atoms with Gasteiger partial charge in [-0.2, -0.15) is 0 Å². The number of hydrogen-bond acceptors (Lipinski definition) is 5. The van der Waals surface area contributed by atoms with E-state index in [9.17, 15) is 14.4 Å². The lowest BCUT2D eigenvalue weighted by atomic mass is 9.98. The Morgan fingerprint density at radius 3 is 2.00 bits per heavy atom. The second-order valence-corrected chi connectivity index (χ2v) is 9.44. The zero-order valence-electron chi connectivity index (χ0n) is 20.5. The SMILES string of the molecule is C[C@@H](CC(=O)OCc1ccccc1)C(=O)NCC(CNC(=O)OC(C)(C)C)Cc1ccccc1. The maximum absolute atomic E-state index is 12.6. The Labute approximate surface area is 202 Å². The molecule has 7 nitrogen and oxygen atoms in total. The van der Waals surface area contributed by atoms with Crippen LogP contribution in [-0.2, 0) is 32.1 Å². The number of esters is 1. The van der Waals surface area contributed by atoms with Crippen molar-refractivity contribution >= 4 is 18.0 Å². The summed E-state index contributed by atoms with van der Waals surface area (Å²) in [7, 11) is 0. The van der Waals surface area contributed by atoms with E-state index in [1.165, 1.54) is 0 Å². The lowest BCUT2D eigenvalue weighted by Crippen LogP contribution is -2.41. The Morgan fingerprint density at radius 1 is 0.853 bits per heavy atom. The molecule has 0 saturated heterocycles. The normalized spacial score (nSPS) is 12.8. The third kappa shape index (κ3) is 11.0. The van der Waals surface area contributed by atoms with E-state index in [0.717, 1.165) is 11.1 Å². The molecule has 2 aromatic rings. The lowest BCUT2D eigenvalue weighted by Gasteiger charge is -2.23. The van der Waals surface area contributed by atoms with Crippen molar-refractivity contribution in [3.63, 3.8) is 0 Å². The molecular formula is C27H36N2O5. The molecule has 2 N–H and O–H groups in total. The number of ether oxygens (including phenoxy) is 2. The van der Waals surface area contributed by atoms with Crippen LogP contribution in [0.15, 0.2) is 60.7 Å². The van der Waals surface area contributed by atoms with E-state index < -0.39 is 23.6 Å². The molecule has 2 aromatic carbocycles. The fourth-order valence-corrected chi connectivity index (χ4v) is 3.26. The van der Waals surface area contributed by atoms with Gasteiger partial charge in [0.05, 0.1) is 6.42 Å². The van der Waals surface area contributed by atoms with Crippen molar-refractivity contribution in [1.82, 2.24) is 10.6 Å². The maximum Gasteiger partial charge on any atom is 0.407 e. The summed E-state index contributed by atoms with van der Waals surface area (Å²) < 4.78 is 10.6. The van der Waals surface area contributed by atoms with Gasteiger partial charge in [0.25, 0.3) is 0 Å². The first-order chi connectivity index (χ1) is 16.1. The van der Waals surface area contributed by atoms with E-state index in [2.05, 4.69) is 10.6 Å². The molecule has 1 unspecified atom stereocenters. The number of rotatable bonds is 11. The fraction of sp³-hybridized carbons (Fsp3) is 0.444. The van der Waals surface area contributed by atoms with Crippen LogP contribution in [0.2, 0.25) is 0 Å². The van der Waals surface area contributed by atoms with Gasteiger partial charge in [-0.3, -0.25) is 9.59 Å². The van der Waals surface area contributed by atoms with Gasteiger partial charge in [0.2, 0.25) is 5.91 Å². The van der Waals surface area contributed by atoms with Gasteiger partial charge in [0.1, 0.15) is 12.2 Å². The van der Waals surface area contributed by atoms with Gasteiger partial charge in [-0.1, -0.05) is 67.6 Å². The summed E-state index contributed by atoms with van der Waals surface area (Å²) in [5.74, 6) is -1.22. The van der Waals surface area contributed by atoms with Crippen molar-refractivity contribution in [2.24, 2.45) is 11.8 Å². The van der Waals surface area contributed by atoms with E-state index in [-0.39, 0.29) is 24.9 Å². The number of alkyl carbamates (subject to hydrolysis) is 1. The van der Waals surface area contributed by atoms with Crippen LogP contribution >= 0.6 is 0 Å². The quantitative estimate of drug-likeness (QED) is 0.481. The number of carbonyl (C=O) groups is 3. The molecule has 34 heavy (non-hydrogen) atoms. The summed E-state index contributed by atoms with van der Waals surface area (Å²) in [5.41, 5.74) is 1.41. The van der Waals surface area contributed by atoms with Crippen LogP contribution in [-0.4, -0.2) is 36.7 Å². The Bertz CT molecular complexity index is 910. The van der Waals surface area contributed by atoms with Crippen LogP contribution in [0.3, 0.4) is 0 Å². The molecule has 0 saturated carbocycles. The van der Waals surface area contributed by atoms with E-state index >= 15 is 0 Å². The van der Waals surface area contributed by atoms with E-state index in [1.807, 2.05) is 60.7 Å². The first-order valence-electron chi connectivity index (χ1n) is 11.6. The number of hydrogen-bond donors (Lipinski definition) is 2. The lowest BCUT2D eigenvalue weighted by molar-refractivity contribution is -0.147. The predicted octanol–water partition coefficient (Wildman–Crippen LogP) is 4.26. The molecule has 2 rings (SSSR count). The molecular weight excluding hydrogens is 432 g/mol. The van der Waals surface area contributed by atoms with Gasteiger partial charge in [-0.05, 0) is 44.2 Å². The molecule has 2 amide bonds. The minimum atomic E-state index is -0.586. The monoisotopic (exact) mass is 468 g/mol. The third-order valence-corrected chi connectivity index (χ3v) is 5.03. The molecule has 0 heterocycles. The van der Waals surface area contributed by atoms with Gasteiger partial charge < -0.3 is 20.1 Å². The number of nitrogens with one attached hydrogen (secondary N) is 2. The molecule has 0 aromatic heterocycles. The van der Waals surface area contributed by atoms with Crippen LogP contribution in [0.1, 0.15) is 45.2 Å². The summed E-state index contributed by atoms with van der Waals surface area (Å²) in [6.07, 6.45) is 0.175. The maximum atomic E-state index is 12.6. The van der Waals surface area contributed by atoms with Crippen LogP contribution < -0.4 is 10.6 Å². The van der Waals surface area contributed by atoms with Crippen molar-refractivity contribution in [2.45, 2.75) is 52.7 Å². The number of amides is 2. The molecule has 0 spiro atoms. The van der Waals surface area contributed by atoms with Crippen LogP contribution in [0, 0.1) is 11.8 Å². The van der Waals surface area contributed by atoms with Crippen molar-refractivity contribution in [2.75, 3.05) is 13.1 Å². The second-order valence-electron chi connectivity index (χ2n) is 9.44. The van der Waals surface area contributed by atoms with Gasteiger partial charge >= 0.3 is 12.1 Å². The highest BCUT2D eigenvalue weighted by Crippen LogP contribution is 2.11. The highest BCUT2D eigenvalue weighted by molar-refractivity contribution is 5.83. The average Bonchev–Trinajstić information content (AvgIpc) is 2.79. The Morgan fingerprint density at radius 2 is 1.41 bits per heavy atom. The second kappa shape index (κ2) is 13.4. The largest absolute Gasteiger partial charge is 0.461 e. The van der Waals surface area contributed by atoms with Gasteiger partial charge in [0, 0.05) is 19.0 Å². The Balaban J connectivity index is 1.84. The predicted molar refractivity (Wildman–Crippen MR) is 131 cm³/mol. The minimum Gasteiger partial charge on any atom is -0.461 e. The van der Waals surface area contributed by atoms with Gasteiger partial charge in [-0.25, -0.2) is 4.79 Å². The van der Waals surface area contributed by atoms with Crippen LogP contribution in [0.4, 0.5) is 4.79 Å². The van der Waals surface area contributed by atoms with E-state index in [0.29, 0.717) is 19.5 Å². The Kier molecular flexibility index (Phi) is 10.6. The fourth-order valence-electron chi connectivity index (χ4n) is 3.26. The summed E-state index contributed by atoms with van der Waals surface area (Å²) in [4.78, 5) is 36.8. The molecule has 2 atom stereocenters. The van der Waals surface area contributed by atoms with Crippen molar-refractivity contribution < 1.29 is 23.9 Å². The van der Waals surface area contributed by atoms with Crippen molar-refractivity contribution in [3.05, 3.63) is 71.8 Å². The smallest absolute Gasteiger partial charge is 0.407 e. The standard InChI is InChI=1S/C27H36N2O5/c1-20(15-24(30)33-19-22-13-9-6-10-14-22)25(31)28-17-23(16-21-11-7-5-8-12-21)18-29-26(32)34-27(2,3)4/h5-14,20,23H,15-19H2,1-4H3,(H,28,31)(H,29,32)/t20-,23?/m0/s1.